The second-order valence-corrected chi connectivity index (χ2v) is 4.07. The minimum absolute atomic E-state index is 0.134. The van der Waals surface area contributed by atoms with Crippen LogP contribution in [-0.4, -0.2) is 38.8 Å². The van der Waals surface area contributed by atoms with E-state index in [1.54, 1.807) is 7.11 Å². The first-order chi connectivity index (χ1) is 7.33. The van der Waals surface area contributed by atoms with Crippen molar-refractivity contribution in [2.45, 2.75) is 38.1 Å². The van der Waals surface area contributed by atoms with Crippen molar-refractivity contribution in [3.8, 4) is 0 Å². The first-order valence-electron chi connectivity index (χ1n) is 5.82. The van der Waals surface area contributed by atoms with E-state index in [1.165, 1.54) is 0 Å². The third-order valence-electron chi connectivity index (χ3n) is 2.43. The van der Waals surface area contributed by atoms with Crippen molar-refractivity contribution in [2.24, 2.45) is 0 Å². The molecule has 1 aliphatic carbocycles. The molecule has 1 aliphatic rings. The molecule has 88 valence electrons. The molecule has 0 aliphatic heterocycles. The van der Waals surface area contributed by atoms with Crippen LogP contribution in [-0.2, 0) is 9.53 Å². The van der Waals surface area contributed by atoms with Gasteiger partial charge in [0, 0.05) is 19.8 Å². The molecule has 0 aromatic carbocycles. The molecule has 4 heteroatoms. The topological polar surface area (TPSA) is 50.4 Å². The minimum Gasteiger partial charge on any atom is -0.385 e. The predicted molar refractivity (Wildman–Crippen MR) is 59.8 cm³/mol. The van der Waals surface area contributed by atoms with Crippen LogP contribution in [0.1, 0.15) is 32.1 Å². The van der Waals surface area contributed by atoms with Crippen LogP contribution >= 0.6 is 0 Å². The van der Waals surface area contributed by atoms with E-state index in [0.717, 1.165) is 45.3 Å². The third-order valence-corrected chi connectivity index (χ3v) is 2.43. The molecule has 0 heterocycles. The minimum atomic E-state index is 0.134. The Morgan fingerprint density at radius 3 is 2.80 bits per heavy atom. The van der Waals surface area contributed by atoms with Crippen molar-refractivity contribution < 1.29 is 9.53 Å². The maximum Gasteiger partial charge on any atom is 0.234 e. The highest BCUT2D eigenvalue weighted by molar-refractivity contribution is 5.78. The molecule has 1 rings (SSSR count). The second kappa shape index (κ2) is 7.65. The van der Waals surface area contributed by atoms with Gasteiger partial charge in [0.25, 0.3) is 0 Å². The molecule has 0 spiro atoms. The number of hydrogen-bond donors (Lipinski definition) is 2. The molecule has 0 saturated heterocycles. The molecule has 1 amide bonds. The number of carbonyl (C=O) groups is 1. The summed E-state index contributed by atoms with van der Waals surface area (Å²) in [5.74, 6) is 0.134. The summed E-state index contributed by atoms with van der Waals surface area (Å²) in [6.07, 6.45) is 5.68. The molecule has 4 nitrogen and oxygen atoms in total. The summed E-state index contributed by atoms with van der Waals surface area (Å²) >= 11 is 0. The molecule has 0 radical (unpaired) electrons. The maximum atomic E-state index is 11.2. The SMILES string of the molecule is COCCCCCNCC(=O)NC1CC1. The largest absolute Gasteiger partial charge is 0.385 e. The Bertz CT molecular complexity index is 181. The smallest absolute Gasteiger partial charge is 0.234 e. The Morgan fingerprint density at radius 2 is 2.13 bits per heavy atom. The predicted octanol–water partition coefficient (Wildman–Crippen LogP) is 0.671. The number of hydrogen-bond acceptors (Lipinski definition) is 3. The standard InChI is InChI=1S/C11H22N2O2/c1-15-8-4-2-3-7-12-9-11(14)13-10-5-6-10/h10,12H,2-9H2,1H3,(H,13,14). The highest BCUT2D eigenvalue weighted by atomic mass is 16.5. The van der Waals surface area contributed by atoms with Gasteiger partial charge >= 0.3 is 0 Å². The Hall–Kier alpha value is -0.610. The number of unbranched alkanes of at least 4 members (excludes halogenated alkanes) is 2. The monoisotopic (exact) mass is 214 g/mol. The quantitative estimate of drug-likeness (QED) is 0.555. The normalized spacial score (nSPS) is 15.3. The van der Waals surface area contributed by atoms with E-state index >= 15 is 0 Å². The lowest BCUT2D eigenvalue weighted by Crippen LogP contribution is -2.35. The van der Waals surface area contributed by atoms with Crippen LogP contribution in [0.5, 0.6) is 0 Å². The van der Waals surface area contributed by atoms with E-state index in [9.17, 15) is 4.79 Å². The highest BCUT2D eigenvalue weighted by Crippen LogP contribution is 2.18. The fourth-order valence-electron chi connectivity index (χ4n) is 1.38. The Kier molecular flexibility index (Phi) is 6.36. The van der Waals surface area contributed by atoms with E-state index in [2.05, 4.69) is 10.6 Å². The number of ether oxygens (including phenoxy) is 1. The molecule has 0 bridgehead atoms. The van der Waals surface area contributed by atoms with Crippen LogP contribution in [0.15, 0.2) is 0 Å². The van der Waals surface area contributed by atoms with Crippen LogP contribution < -0.4 is 10.6 Å². The fraction of sp³-hybridized carbons (Fsp3) is 0.909. The number of amides is 1. The van der Waals surface area contributed by atoms with Crippen molar-refractivity contribution >= 4 is 5.91 Å². The van der Waals surface area contributed by atoms with Crippen LogP contribution in [0.3, 0.4) is 0 Å². The van der Waals surface area contributed by atoms with Gasteiger partial charge in [0.2, 0.25) is 5.91 Å². The Morgan fingerprint density at radius 1 is 1.33 bits per heavy atom. The van der Waals surface area contributed by atoms with Crippen molar-refractivity contribution in [1.82, 2.24) is 10.6 Å². The molecule has 1 saturated carbocycles. The number of rotatable bonds is 9. The summed E-state index contributed by atoms with van der Waals surface area (Å²) in [5.41, 5.74) is 0. The van der Waals surface area contributed by atoms with Gasteiger partial charge in [-0.2, -0.15) is 0 Å². The van der Waals surface area contributed by atoms with Crippen molar-refractivity contribution in [1.29, 1.82) is 0 Å². The summed E-state index contributed by atoms with van der Waals surface area (Å²) in [7, 11) is 1.72. The number of nitrogens with one attached hydrogen (secondary N) is 2. The molecule has 0 atom stereocenters. The molecular formula is C11H22N2O2. The average molecular weight is 214 g/mol. The van der Waals surface area contributed by atoms with Gasteiger partial charge in [0.1, 0.15) is 0 Å². The zero-order valence-electron chi connectivity index (χ0n) is 9.55. The van der Waals surface area contributed by atoms with E-state index in [1.807, 2.05) is 0 Å². The van der Waals surface area contributed by atoms with Gasteiger partial charge in [-0.3, -0.25) is 4.79 Å². The van der Waals surface area contributed by atoms with Crippen LogP contribution in [0, 0.1) is 0 Å². The average Bonchev–Trinajstić information content (AvgIpc) is 3.00. The van der Waals surface area contributed by atoms with Crippen molar-refractivity contribution in [3.63, 3.8) is 0 Å². The van der Waals surface area contributed by atoms with Gasteiger partial charge in [0.05, 0.1) is 6.54 Å². The number of carbonyl (C=O) groups excluding carboxylic acids is 1. The van der Waals surface area contributed by atoms with Crippen LogP contribution in [0.25, 0.3) is 0 Å². The summed E-state index contributed by atoms with van der Waals surface area (Å²) in [6.45, 7) is 2.21. The van der Waals surface area contributed by atoms with Gasteiger partial charge in [-0.1, -0.05) is 0 Å². The zero-order valence-corrected chi connectivity index (χ0v) is 9.55. The van der Waals surface area contributed by atoms with Gasteiger partial charge in [0.15, 0.2) is 0 Å². The highest BCUT2D eigenvalue weighted by Gasteiger charge is 2.22. The van der Waals surface area contributed by atoms with Crippen LogP contribution in [0.4, 0.5) is 0 Å². The lowest BCUT2D eigenvalue weighted by atomic mass is 10.2. The molecule has 0 aromatic rings. The fourth-order valence-corrected chi connectivity index (χ4v) is 1.38. The summed E-state index contributed by atoms with van der Waals surface area (Å²) in [6, 6.07) is 0.473. The van der Waals surface area contributed by atoms with Gasteiger partial charge in [-0.25, -0.2) is 0 Å². The van der Waals surface area contributed by atoms with E-state index in [4.69, 9.17) is 4.74 Å². The third kappa shape index (κ3) is 7.33. The molecule has 0 aromatic heterocycles. The lowest BCUT2D eigenvalue weighted by Gasteiger charge is -2.05. The summed E-state index contributed by atoms with van der Waals surface area (Å²) in [5, 5.41) is 6.09. The first-order valence-corrected chi connectivity index (χ1v) is 5.82. The van der Waals surface area contributed by atoms with Gasteiger partial charge < -0.3 is 15.4 Å². The molecule has 1 fully saturated rings. The van der Waals surface area contributed by atoms with Crippen LogP contribution in [0.2, 0.25) is 0 Å². The van der Waals surface area contributed by atoms with Gasteiger partial charge in [-0.05, 0) is 38.6 Å². The Balaban J connectivity index is 1.77. The first kappa shape index (κ1) is 12.5. The van der Waals surface area contributed by atoms with Crippen molar-refractivity contribution in [3.05, 3.63) is 0 Å². The molecule has 0 unspecified atom stereocenters. The van der Waals surface area contributed by atoms with Gasteiger partial charge in [-0.15, -0.1) is 0 Å². The zero-order chi connectivity index (χ0) is 10.9. The maximum absolute atomic E-state index is 11.2. The molecule has 15 heavy (non-hydrogen) atoms. The lowest BCUT2D eigenvalue weighted by molar-refractivity contribution is -0.120. The van der Waals surface area contributed by atoms with E-state index in [0.29, 0.717) is 12.6 Å². The van der Waals surface area contributed by atoms with E-state index < -0.39 is 0 Å². The molecular weight excluding hydrogens is 192 g/mol. The second-order valence-electron chi connectivity index (χ2n) is 4.07. The van der Waals surface area contributed by atoms with E-state index in [-0.39, 0.29) is 5.91 Å². The number of methoxy groups -OCH3 is 1. The Labute approximate surface area is 91.8 Å². The summed E-state index contributed by atoms with van der Waals surface area (Å²) in [4.78, 5) is 11.2. The molecule has 2 N–H and O–H groups in total. The summed E-state index contributed by atoms with van der Waals surface area (Å²) < 4.78 is 4.95. The van der Waals surface area contributed by atoms with Crippen molar-refractivity contribution in [2.75, 3.05) is 26.8 Å².